The molecule has 0 unspecified atom stereocenters. The molecular formula is C20H18Br2ClNO5. The summed E-state index contributed by atoms with van der Waals surface area (Å²) in [5.41, 5.74) is 0.362. The number of benzene rings is 1. The SMILES string of the molecule is C[C@H](C(=O)OCC(=O)c1ccc(Cl)cc1)N1C(=O)[C@@H]2[C@H]3C[C@@H]([C@H](Br)[C@H]3Br)[C@H]2C1=O. The third kappa shape index (κ3) is 3.37. The van der Waals surface area contributed by atoms with E-state index in [1.54, 1.807) is 24.3 Å². The van der Waals surface area contributed by atoms with Crippen molar-refractivity contribution in [1.29, 1.82) is 0 Å². The molecule has 0 aromatic heterocycles. The molecule has 3 fully saturated rings. The van der Waals surface area contributed by atoms with Gasteiger partial charge < -0.3 is 4.74 Å². The molecule has 2 saturated carbocycles. The van der Waals surface area contributed by atoms with Crippen molar-refractivity contribution in [3.05, 3.63) is 34.9 Å². The van der Waals surface area contributed by atoms with Crippen LogP contribution in [0.15, 0.2) is 24.3 Å². The summed E-state index contributed by atoms with van der Waals surface area (Å²) in [6.45, 7) is 0.997. The van der Waals surface area contributed by atoms with E-state index in [4.69, 9.17) is 16.3 Å². The molecule has 0 radical (unpaired) electrons. The number of likely N-dealkylation sites (tertiary alicyclic amines) is 1. The van der Waals surface area contributed by atoms with Crippen LogP contribution in [0.1, 0.15) is 23.7 Å². The molecule has 9 heteroatoms. The van der Waals surface area contributed by atoms with Crippen molar-refractivity contribution in [3.63, 3.8) is 0 Å². The second-order valence-corrected chi connectivity index (χ2v) is 10.3. The molecule has 4 rings (SSSR count). The van der Waals surface area contributed by atoms with E-state index >= 15 is 0 Å². The number of nitrogens with zero attached hydrogens (tertiary/aromatic N) is 1. The van der Waals surface area contributed by atoms with E-state index in [-0.39, 0.29) is 39.1 Å². The summed E-state index contributed by atoms with van der Waals surface area (Å²) in [5.74, 6) is -2.42. The number of ketones is 1. The zero-order chi connectivity index (χ0) is 21.0. The van der Waals surface area contributed by atoms with E-state index in [0.717, 1.165) is 11.3 Å². The Kier molecular flexibility index (Phi) is 5.63. The third-order valence-corrected chi connectivity index (χ3v) is 9.72. The number of hydrogen-bond acceptors (Lipinski definition) is 5. The molecule has 2 amide bonds. The number of amides is 2. The van der Waals surface area contributed by atoms with Crippen molar-refractivity contribution >= 4 is 67.0 Å². The number of halogens is 3. The Morgan fingerprint density at radius 3 is 2.14 bits per heavy atom. The Labute approximate surface area is 189 Å². The minimum atomic E-state index is -1.07. The lowest BCUT2D eigenvalue weighted by Gasteiger charge is -2.28. The van der Waals surface area contributed by atoms with Crippen molar-refractivity contribution in [2.24, 2.45) is 23.7 Å². The number of ether oxygens (including phenoxy) is 1. The average molecular weight is 548 g/mol. The Bertz CT molecular complexity index is 859. The van der Waals surface area contributed by atoms with Crippen molar-refractivity contribution in [1.82, 2.24) is 4.90 Å². The van der Waals surface area contributed by atoms with Gasteiger partial charge in [0, 0.05) is 20.2 Å². The molecule has 1 aromatic carbocycles. The van der Waals surface area contributed by atoms with Gasteiger partial charge in [-0.25, -0.2) is 4.79 Å². The van der Waals surface area contributed by atoms with Crippen LogP contribution in [-0.2, 0) is 19.1 Å². The van der Waals surface area contributed by atoms with Gasteiger partial charge in [-0.2, -0.15) is 0 Å². The lowest BCUT2D eigenvalue weighted by molar-refractivity contribution is -0.157. The fourth-order valence-corrected chi connectivity index (χ4v) is 6.83. The fraction of sp³-hybridized carbons (Fsp3) is 0.500. The molecule has 0 spiro atoms. The Morgan fingerprint density at radius 1 is 1.10 bits per heavy atom. The van der Waals surface area contributed by atoms with Gasteiger partial charge in [-0.15, -0.1) is 0 Å². The van der Waals surface area contributed by atoms with E-state index < -0.39 is 30.5 Å². The normalized spacial score (nSPS) is 33.7. The summed E-state index contributed by atoms with van der Waals surface area (Å²) in [6.07, 6.45) is 0.820. The highest BCUT2D eigenvalue weighted by molar-refractivity contribution is 9.12. The van der Waals surface area contributed by atoms with Gasteiger partial charge in [-0.1, -0.05) is 43.5 Å². The van der Waals surface area contributed by atoms with Crippen LogP contribution < -0.4 is 0 Å². The quantitative estimate of drug-likeness (QED) is 0.245. The summed E-state index contributed by atoms with van der Waals surface area (Å²) < 4.78 is 5.11. The number of imide groups is 1. The number of Topliss-reactive ketones (excluding diaryl/α,β-unsaturated/α-hetero) is 1. The molecule has 1 saturated heterocycles. The zero-order valence-corrected chi connectivity index (χ0v) is 19.3. The van der Waals surface area contributed by atoms with Crippen LogP contribution in [0.4, 0.5) is 0 Å². The predicted molar refractivity (Wildman–Crippen MR) is 112 cm³/mol. The number of carbonyl (C=O) groups is 4. The maximum Gasteiger partial charge on any atom is 0.329 e. The van der Waals surface area contributed by atoms with Crippen LogP contribution in [0.2, 0.25) is 5.02 Å². The molecule has 3 aliphatic rings. The summed E-state index contributed by atoms with van der Waals surface area (Å²) in [5, 5.41) is 0.495. The monoisotopic (exact) mass is 545 g/mol. The van der Waals surface area contributed by atoms with Gasteiger partial charge in [-0.3, -0.25) is 19.3 Å². The summed E-state index contributed by atoms with van der Waals surface area (Å²) in [7, 11) is 0. The lowest BCUT2D eigenvalue weighted by atomic mass is 9.81. The van der Waals surface area contributed by atoms with Gasteiger partial charge in [0.25, 0.3) is 0 Å². The van der Waals surface area contributed by atoms with Crippen LogP contribution >= 0.6 is 43.5 Å². The average Bonchev–Trinajstić information content (AvgIpc) is 3.30. The van der Waals surface area contributed by atoms with E-state index in [0.29, 0.717) is 10.6 Å². The largest absolute Gasteiger partial charge is 0.456 e. The minimum Gasteiger partial charge on any atom is -0.456 e. The van der Waals surface area contributed by atoms with Gasteiger partial charge >= 0.3 is 5.97 Å². The van der Waals surface area contributed by atoms with Gasteiger partial charge in [0.1, 0.15) is 6.04 Å². The number of rotatable bonds is 5. The summed E-state index contributed by atoms with van der Waals surface area (Å²) in [4.78, 5) is 51.9. The molecule has 154 valence electrons. The van der Waals surface area contributed by atoms with E-state index in [9.17, 15) is 19.2 Å². The van der Waals surface area contributed by atoms with Gasteiger partial charge in [0.15, 0.2) is 12.4 Å². The highest BCUT2D eigenvalue weighted by Gasteiger charge is 2.67. The molecule has 7 atom stereocenters. The molecule has 1 heterocycles. The minimum absolute atomic E-state index is 0.0746. The predicted octanol–water partition coefficient (Wildman–Crippen LogP) is 3.23. The van der Waals surface area contributed by atoms with Crippen molar-refractivity contribution in [2.45, 2.75) is 29.0 Å². The highest BCUT2D eigenvalue weighted by Crippen LogP contribution is 2.60. The topological polar surface area (TPSA) is 80.8 Å². The highest BCUT2D eigenvalue weighted by atomic mass is 79.9. The van der Waals surface area contributed by atoms with Crippen LogP contribution in [-0.4, -0.2) is 50.8 Å². The first-order valence-corrected chi connectivity index (χ1v) is 11.5. The number of hydrogen-bond donors (Lipinski definition) is 0. The number of alkyl halides is 2. The van der Waals surface area contributed by atoms with E-state index in [1.165, 1.54) is 6.92 Å². The first-order chi connectivity index (χ1) is 13.7. The molecular weight excluding hydrogens is 529 g/mol. The number of fused-ring (bicyclic) bond motifs is 5. The van der Waals surface area contributed by atoms with Crippen LogP contribution in [0.5, 0.6) is 0 Å². The van der Waals surface area contributed by atoms with Crippen molar-refractivity contribution in [3.8, 4) is 0 Å². The molecule has 0 N–H and O–H groups in total. The van der Waals surface area contributed by atoms with E-state index in [1.807, 2.05) is 0 Å². The maximum atomic E-state index is 13.0. The lowest BCUT2D eigenvalue weighted by Crippen LogP contribution is -2.45. The molecule has 1 aliphatic heterocycles. The first kappa shape index (κ1) is 21.0. The van der Waals surface area contributed by atoms with Crippen molar-refractivity contribution < 1.29 is 23.9 Å². The molecule has 2 aliphatic carbocycles. The zero-order valence-electron chi connectivity index (χ0n) is 15.4. The number of esters is 1. The van der Waals surface area contributed by atoms with E-state index in [2.05, 4.69) is 31.9 Å². The standard InChI is InChI=1S/C20H18Br2ClNO5/c1-8(20(28)29-7-13(25)9-2-4-10(23)5-3-9)24-18(26)14-11-6-12(15(14)19(24)27)17(22)16(11)21/h2-5,8,11-12,14-17H,6-7H2,1H3/t8-,11-,12-,14-,15-,16+,17+/m1/s1. The molecule has 29 heavy (non-hydrogen) atoms. The smallest absolute Gasteiger partial charge is 0.329 e. The van der Waals surface area contributed by atoms with Crippen LogP contribution in [0, 0.1) is 23.7 Å². The maximum absolute atomic E-state index is 13.0. The number of carbonyl (C=O) groups excluding carboxylic acids is 4. The van der Waals surface area contributed by atoms with Crippen molar-refractivity contribution in [2.75, 3.05) is 6.61 Å². The van der Waals surface area contributed by atoms with Crippen LogP contribution in [0.3, 0.4) is 0 Å². The summed E-state index contributed by atoms with van der Waals surface area (Å²) in [6, 6.07) is 5.16. The molecule has 6 nitrogen and oxygen atoms in total. The Balaban J connectivity index is 1.42. The Morgan fingerprint density at radius 2 is 1.62 bits per heavy atom. The second-order valence-electron chi connectivity index (χ2n) is 7.76. The Hall–Kier alpha value is -1.25. The molecule has 1 aromatic rings. The molecule has 2 bridgehead atoms. The summed E-state index contributed by atoms with van der Waals surface area (Å²) >= 11 is 13.1. The first-order valence-electron chi connectivity index (χ1n) is 9.32. The second kappa shape index (κ2) is 7.78. The fourth-order valence-electron chi connectivity index (χ4n) is 4.84. The van der Waals surface area contributed by atoms with Gasteiger partial charge in [0.2, 0.25) is 11.8 Å². The third-order valence-electron chi connectivity index (χ3n) is 6.26. The van der Waals surface area contributed by atoms with Gasteiger partial charge in [0.05, 0.1) is 11.8 Å². The van der Waals surface area contributed by atoms with Crippen LogP contribution in [0.25, 0.3) is 0 Å². The van der Waals surface area contributed by atoms with Gasteiger partial charge in [-0.05, 0) is 49.4 Å².